The molecule has 0 aliphatic carbocycles. The Kier molecular flexibility index (Phi) is 3.29. The quantitative estimate of drug-likeness (QED) is 0.789. The highest BCUT2D eigenvalue weighted by atomic mass is 127. The van der Waals surface area contributed by atoms with Crippen molar-refractivity contribution in [1.82, 2.24) is 0 Å². The van der Waals surface area contributed by atoms with E-state index in [9.17, 15) is 5.11 Å². The second kappa shape index (κ2) is 4.04. The molecule has 0 aromatic heterocycles. The molecular weight excluding hydrogens is 253 g/mol. The number of halogens is 1. The van der Waals surface area contributed by atoms with Crippen molar-refractivity contribution in [3.8, 4) is 0 Å². The van der Waals surface area contributed by atoms with Crippen LogP contribution in [0.1, 0.15) is 11.7 Å². The lowest BCUT2D eigenvalue weighted by Gasteiger charge is -2.07. The maximum Gasteiger partial charge on any atom is 0.0912 e. The highest BCUT2D eigenvalue weighted by Gasteiger charge is 2.03. The smallest absolute Gasteiger partial charge is 0.0912 e. The van der Waals surface area contributed by atoms with Gasteiger partial charge < -0.3 is 10.8 Å². The van der Waals surface area contributed by atoms with Crippen molar-refractivity contribution in [3.05, 3.63) is 33.4 Å². The highest BCUT2D eigenvalue weighted by Crippen LogP contribution is 2.14. The number of hydrogen-bond donors (Lipinski definition) is 2. The van der Waals surface area contributed by atoms with Crippen LogP contribution in [0.2, 0.25) is 0 Å². The summed E-state index contributed by atoms with van der Waals surface area (Å²) >= 11 is 2.20. The molecule has 0 saturated heterocycles. The van der Waals surface area contributed by atoms with Gasteiger partial charge in [-0.2, -0.15) is 0 Å². The van der Waals surface area contributed by atoms with Gasteiger partial charge >= 0.3 is 0 Å². The van der Waals surface area contributed by atoms with E-state index in [0.717, 1.165) is 9.13 Å². The van der Waals surface area contributed by atoms with Crippen LogP contribution < -0.4 is 5.73 Å². The Bertz CT molecular complexity index is 239. The van der Waals surface area contributed by atoms with Gasteiger partial charge in [0.05, 0.1) is 6.10 Å². The van der Waals surface area contributed by atoms with Crippen molar-refractivity contribution in [2.24, 2.45) is 5.73 Å². The fourth-order valence-corrected chi connectivity index (χ4v) is 1.42. The predicted molar refractivity (Wildman–Crippen MR) is 53.2 cm³/mol. The monoisotopic (exact) mass is 263 g/mol. The fourth-order valence-electron chi connectivity index (χ4n) is 0.850. The summed E-state index contributed by atoms with van der Waals surface area (Å²) in [6.07, 6.45) is -0.523. The van der Waals surface area contributed by atoms with Crippen LogP contribution in [-0.2, 0) is 0 Å². The van der Waals surface area contributed by atoms with Gasteiger partial charge in [0.15, 0.2) is 0 Å². The van der Waals surface area contributed by atoms with Crippen LogP contribution in [0.3, 0.4) is 0 Å². The van der Waals surface area contributed by atoms with E-state index in [-0.39, 0.29) is 6.54 Å². The normalized spacial score (nSPS) is 13.0. The third-order valence-electron chi connectivity index (χ3n) is 1.46. The average Bonchev–Trinajstić information content (AvgIpc) is 2.03. The zero-order valence-electron chi connectivity index (χ0n) is 6.00. The van der Waals surface area contributed by atoms with Gasteiger partial charge in [-0.1, -0.05) is 12.1 Å². The van der Waals surface area contributed by atoms with Gasteiger partial charge in [-0.05, 0) is 40.3 Å². The van der Waals surface area contributed by atoms with E-state index < -0.39 is 6.10 Å². The van der Waals surface area contributed by atoms with Crippen LogP contribution in [0, 0.1) is 3.57 Å². The number of benzene rings is 1. The first-order valence-corrected chi connectivity index (χ1v) is 4.45. The molecule has 0 fully saturated rings. The summed E-state index contributed by atoms with van der Waals surface area (Å²) in [6.45, 7) is 0.278. The summed E-state index contributed by atoms with van der Waals surface area (Å²) in [6, 6.07) is 7.70. The van der Waals surface area contributed by atoms with E-state index in [2.05, 4.69) is 22.6 Å². The molecule has 1 aromatic rings. The lowest BCUT2D eigenvalue weighted by molar-refractivity contribution is 0.186. The SMILES string of the molecule is NC[C@H](O)c1cccc(I)c1. The standard InChI is InChI=1S/C8H10INO/c9-7-3-1-2-6(4-7)8(11)5-10/h1-4,8,11H,5,10H2/t8-/m0/s1. The van der Waals surface area contributed by atoms with Crippen LogP contribution >= 0.6 is 22.6 Å². The minimum atomic E-state index is -0.523. The topological polar surface area (TPSA) is 46.2 Å². The van der Waals surface area contributed by atoms with Crippen LogP contribution in [-0.4, -0.2) is 11.7 Å². The number of aliphatic hydroxyl groups excluding tert-OH is 1. The minimum absolute atomic E-state index is 0.278. The molecule has 3 N–H and O–H groups in total. The summed E-state index contributed by atoms with van der Waals surface area (Å²) in [4.78, 5) is 0. The van der Waals surface area contributed by atoms with Gasteiger partial charge in [0.1, 0.15) is 0 Å². The Morgan fingerprint density at radius 1 is 1.55 bits per heavy atom. The zero-order valence-corrected chi connectivity index (χ0v) is 8.15. The first-order chi connectivity index (χ1) is 5.24. The molecule has 1 rings (SSSR count). The van der Waals surface area contributed by atoms with E-state index in [1.54, 1.807) is 0 Å². The maximum absolute atomic E-state index is 9.33. The molecule has 0 saturated carbocycles. The second-order valence-electron chi connectivity index (χ2n) is 2.31. The minimum Gasteiger partial charge on any atom is -0.387 e. The Hall–Kier alpha value is -0.130. The van der Waals surface area contributed by atoms with Crippen molar-refractivity contribution in [2.75, 3.05) is 6.54 Å². The first kappa shape index (κ1) is 8.96. The van der Waals surface area contributed by atoms with Crippen LogP contribution in [0.4, 0.5) is 0 Å². The molecule has 0 radical (unpaired) electrons. The maximum atomic E-state index is 9.33. The van der Waals surface area contributed by atoms with Gasteiger partial charge in [0.2, 0.25) is 0 Å². The molecule has 1 aromatic carbocycles. The van der Waals surface area contributed by atoms with Crippen LogP contribution in [0.25, 0.3) is 0 Å². The Morgan fingerprint density at radius 3 is 2.82 bits per heavy atom. The zero-order chi connectivity index (χ0) is 8.27. The lowest BCUT2D eigenvalue weighted by atomic mass is 10.1. The molecule has 0 spiro atoms. The van der Waals surface area contributed by atoms with E-state index in [1.165, 1.54) is 0 Å². The molecule has 0 amide bonds. The Labute approximate surface area is 79.6 Å². The molecule has 0 aliphatic rings. The molecule has 11 heavy (non-hydrogen) atoms. The Balaban J connectivity index is 2.86. The van der Waals surface area contributed by atoms with E-state index in [4.69, 9.17) is 5.73 Å². The van der Waals surface area contributed by atoms with Crippen LogP contribution in [0.15, 0.2) is 24.3 Å². The molecule has 3 heteroatoms. The molecule has 60 valence electrons. The van der Waals surface area contributed by atoms with Crippen molar-refractivity contribution >= 4 is 22.6 Å². The summed E-state index contributed by atoms with van der Waals surface area (Å²) < 4.78 is 1.12. The van der Waals surface area contributed by atoms with Crippen LogP contribution in [0.5, 0.6) is 0 Å². The summed E-state index contributed by atoms with van der Waals surface area (Å²) in [5.74, 6) is 0. The van der Waals surface area contributed by atoms with E-state index in [0.29, 0.717) is 0 Å². The number of aliphatic hydroxyl groups is 1. The summed E-state index contributed by atoms with van der Waals surface area (Å²) in [5, 5.41) is 9.33. The molecule has 0 heterocycles. The van der Waals surface area contributed by atoms with Gasteiger partial charge in [0.25, 0.3) is 0 Å². The molecular formula is C8H10INO. The average molecular weight is 263 g/mol. The molecule has 2 nitrogen and oxygen atoms in total. The third kappa shape index (κ3) is 2.43. The molecule has 0 aliphatic heterocycles. The van der Waals surface area contributed by atoms with Crippen molar-refractivity contribution in [1.29, 1.82) is 0 Å². The third-order valence-corrected chi connectivity index (χ3v) is 2.13. The Morgan fingerprint density at radius 2 is 2.27 bits per heavy atom. The predicted octanol–water partition coefficient (Wildman–Crippen LogP) is 1.28. The van der Waals surface area contributed by atoms with Crippen molar-refractivity contribution in [3.63, 3.8) is 0 Å². The van der Waals surface area contributed by atoms with Crippen molar-refractivity contribution < 1.29 is 5.11 Å². The molecule has 0 bridgehead atoms. The molecule has 0 unspecified atom stereocenters. The number of hydrogen-bond acceptors (Lipinski definition) is 2. The first-order valence-electron chi connectivity index (χ1n) is 3.37. The van der Waals surface area contributed by atoms with E-state index >= 15 is 0 Å². The lowest BCUT2D eigenvalue weighted by Crippen LogP contribution is -2.11. The van der Waals surface area contributed by atoms with Gasteiger partial charge in [0, 0.05) is 10.1 Å². The summed E-state index contributed by atoms with van der Waals surface area (Å²) in [7, 11) is 0. The van der Waals surface area contributed by atoms with E-state index in [1.807, 2.05) is 24.3 Å². The van der Waals surface area contributed by atoms with Crippen molar-refractivity contribution in [2.45, 2.75) is 6.10 Å². The highest BCUT2D eigenvalue weighted by molar-refractivity contribution is 14.1. The second-order valence-corrected chi connectivity index (χ2v) is 3.55. The fraction of sp³-hybridized carbons (Fsp3) is 0.250. The molecule has 1 atom stereocenters. The largest absolute Gasteiger partial charge is 0.387 e. The van der Waals surface area contributed by atoms with Gasteiger partial charge in [-0.15, -0.1) is 0 Å². The van der Waals surface area contributed by atoms with Gasteiger partial charge in [-0.25, -0.2) is 0 Å². The number of nitrogens with two attached hydrogens (primary N) is 1. The summed E-state index contributed by atoms with van der Waals surface area (Å²) in [5.41, 5.74) is 6.19. The number of rotatable bonds is 2. The van der Waals surface area contributed by atoms with Gasteiger partial charge in [-0.3, -0.25) is 0 Å².